The Hall–Kier alpha value is -2.10. The van der Waals surface area contributed by atoms with Crippen LogP contribution in [0.3, 0.4) is 0 Å². The van der Waals surface area contributed by atoms with Crippen molar-refractivity contribution in [3.05, 3.63) is 65.3 Å². The molecule has 4 heteroatoms. The minimum absolute atomic E-state index is 0.131. The molecule has 0 bridgehead atoms. The van der Waals surface area contributed by atoms with E-state index in [2.05, 4.69) is 4.98 Å². The highest BCUT2D eigenvalue weighted by atomic mass is 35.5. The van der Waals surface area contributed by atoms with Gasteiger partial charge in [0.2, 0.25) is 0 Å². The van der Waals surface area contributed by atoms with Gasteiger partial charge in [0.05, 0.1) is 11.6 Å². The molecular formula is C16H12ClNO2. The van der Waals surface area contributed by atoms with Crippen molar-refractivity contribution < 1.29 is 9.84 Å². The second-order valence-electron chi connectivity index (χ2n) is 4.32. The summed E-state index contributed by atoms with van der Waals surface area (Å²) in [7, 11) is 0. The van der Waals surface area contributed by atoms with Crippen LogP contribution in [0.1, 0.15) is 5.56 Å². The van der Waals surface area contributed by atoms with Gasteiger partial charge in [0.25, 0.3) is 0 Å². The number of pyridine rings is 1. The summed E-state index contributed by atoms with van der Waals surface area (Å²) in [6.45, 7) is -0.131. The van der Waals surface area contributed by atoms with Crippen LogP contribution in [-0.4, -0.2) is 10.1 Å². The van der Waals surface area contributed by atoms with Crippen LogP contribution in [0, 0.1) is 0 Å². The summed E-state index contributed by atoms with van der Waals surface area (Å²) >= 11 is 6.15. The zero-order valence-corrected chi connectivity index (χ0v) is 11.3. The molecule has 1 heterocycles. The number of nitrogens with zero attached hydrogens (tertiary/aromatic N) is 1. The lowest BCUT2D eigenvalue weighted by molar-refractivity contribution is 0.276. The molecule has 3 aromatic rings. The molecule has 0 amide bonds. The Morgan fingerprint density at radius 2 is 1.85 bits per heavy atom. The highest BCUT2D eigenvalue weighted by molar-refractivity contribution is 6.32. The molecule has 0 spiro atoms. The number of aliphatic hydroxyl groups excluding tert-OH is 1. The van der Waals surface area contributed by atoms with E-state index in [0.29, 0.717) is 22.1 Å². The first kappa shape index (κ1) is 12.9. The smallest absolute Gasteiger partial charge is 0.153 e. The van der Waals surface area contributed by atoms with Gasteiger partial charge < -0.3 is 9.84 Å². The van der Waals surface area contributed by atoms with E-state index in [1.54, 1.807) is 24.4 Å². The molecule has 0 aliphatic carbocycles. The minimum atomic E-state index is -0.131. The number of fused-ring (bicyclic) bond motifs is 1. The number of ether oxygens (including phenoxy) is 1. The maximum atomic E-state index is 9.38. The average molecular weight is 286 g/mol. The Balaban J connectivity index is 2.10. The fourth-order valence-corrected chi connectivity index (χ4v) is 2.29. The fourth-order valence-electron chi connectivity index (χ4n) is 2.06. The lowest BCUT2D eigenvalue weighted by atomic mass is 10.2. The standard InChI is InChI=1S/C16H12ClNO2/c17-13-7-1-5-12(10-19)16(13)20-14-8-2-4-11-6-3-9-18-15(11)14/h1-9,19H,10H2. The molecule has 0 aliphatic rings. The SMILES string of the molecule is OCc1cccc(Cl)c1Oc1cccc2cccnc12. The molecule has 0 unspecified atom stereocenters. The largest absolute Gasteiger partial charge is 0.453 e. The van der Waals surface area contributed by atoms with Crippen LogP contribution in [0.25, 0.3) is 10.9 Å². The van der Waals surface area contributed by atoms with E-state index in [0.717, 1.165) is 10.9 Å². The van der Waals surface area contributed by atoms with E-state index in [9.17, 15) is 5.11 Å². The first-order chi connectivity index (χ1) is 9.79. The monoisotopic (exact) mass is 285 g/mol. The van der Waals surface area contributed by atoms with Gasteiger partial charge in [-0.3, -0.25) is 4.98 Å². The van der Waals surface area contributed by atoms with Crippen molar-refractivity contribution in [1.29, 1.82) is 0 Å². The summed E-state index contributed by atoms with van der Waals surface area (Å²) in [5.41, 5.74) is 1.41. The van der Waals surface area contributed by atoms with Crippen molar-refractivity contribution in [2.45, 2.75) is 6.61 Å². The van der Waals surface area contributed by atoms with Gasteiger partial charge in [-0.05, 0) is 18.2 Å². The van der Waals surface area contributed by atoms with Crippen molar-refractivity contribution in [2.75, 3.05) is 0 Å². The molecule has 1 N–H and O–H groups in total. The normalized spacial score (nSPS) is 10.7. The maximum absolute atomic E-state index is 9.38. The number of benzene rings is 2. The van der Waals surface area contributed by atoms with Gasteiger partial charge in [0.15, 0.2) is 11.5 Å². The molecule has 0 saturated carbocycles. The molecule has 20 heavy (non-hydrogen) atoms. The third kappa shape index (κ3) is 2.33. The summed E-state index contributed by atoms with van der Waals surface area (Å²) < 4.78 is 5.89. The first-order valence-electron chi connectivity index (χ1n) is 6.19. The van der Waals surface area contributed by atoms with Crippen LogP contribution in [0.2, 0.25) is 5.02 Å². The highest BCUT2D eigenvalue weighted by Crippen LogP contribution is 2.35. The third-order valence-electron chi connectivity index (χ3n) is 3.03. The predicted molar refractivity (Wildman–Crippen MR) is 79.2 cm³/mol. The fraction of sp³-hybridized carbons (Fsp3) is 0.0625. The van der Waals surface area contributed by atoms with Crippen molar-refractivity contribution in [2.24, 2.45) is 0 Å². The Bertz CT molecular complexity index is 753. The van der Waals surface area contributed by atoms with E-state index in [1.807, 2.05) is 30.3 Å². The van der Waals surface area contributed by atoms with Gasteiger partial charge in [-0.25, -0.2) is 0 Å². The number of para-hydroxylation sites is 2. The zero-order chi connectivity index (χ0) is 13.9. The van der Waals surface area contributed by atoms with Crippen LogP contribution in [-0.2, 0) is 6.61 Å². The molecule has 0 radical (unpaired) electrons. The lowest BCUT2D eigenvalue weighted by Gasteiger charge is -2.12. The van der Waals surface area contributed by atoms with Crippen molar-refractivity contribution in [1.82, 2.24) is 4.98 Å². The molecule has 0 fully saturated rings. The predicted octanol–water partition coefficient (Wildman–Crippen LogP) is 4.17. The van der Waals surface area contributed by atoms with Gasteiger partial charge in [0.1, 0.15) is 5.52 Å². The molecule has 1 aromatic heterocycles. The van der Waals surface area contributed by atoms with Crippen LogP contribution in [0.5, 0.6) is 11.5 Å². The first-order valence-corrected chi connectivity index (χ1v) is 6.57. The van der Waals surface area contributed by atoms with Gasteiger partial charge in [-0.1, -0.05) is 41.9 Å². The van der Waals surface area contributed by atoms with Gasteiger partial charge in [-0.15, -0.1) is 0 Å². The van der Waals surface area contributed by atoms with Gasteiger partial charge in [-0.2, -0.15) is 0 Å². The molecule has 0 atom stereocenters. The molecule has 3 nitrogen and oxygen atoms in total. The van der Waals surface area contributed by atoms with E-state index >= 15 is 0 Å². The second kappa shape index (κ2) is 5.49. The van der Waals surface area contributed by atoms with E-state index < -0.39 is 0 Å². The molecule has 3 rings (SSSR count). The van der Waals surface area contributed by atoms with Gasteiger partial charge in [0, 0.05) is 17.1 Å². The summed E-state index contributed by atoms with van der Waals surface area (Å²) in [6, 6.07) is 14.8. The Labute approximate surface area is 121 Å². The third-order valence-corrected chi connectivity index (χ3v) is 3.32. The number of hydrogen-bond acceptors (Lipinski definition) is 3. The molecule has 2 aromatic carbocycles. The molecule has 0 aliphatic heterocycles. The Morgan fingerprint density at radius 3 is 2.70 bits per heavy atom. The van der Waals surface area contributed by atoms with Crippen molar-refractivity contribution in [3.63, 3.8) is 0 Å². The number of halogens is 1. The Morgan fingerprint density at radius 1 is 1.05 bits per heavy atom. The van der Waals surface area contributed by atoms with Gasteiger partial charge >= 0.3 is 0 Å². The van der Waals surface area contributed by atoms with Crippen LogP contribution >= 0.6 is 11.6 Å². The molecular weight excluding hydrogens is 274 g/mol. The summed E-state index contributed by atoms with van der Waals surface area (Å²) in [5.74, 6) is 1.08. The zero-order valence-electron chi connectivity index (χ0n) is 10.6. The lowest BCUT2D eigenvalue weighted by Crippen LogP contribution is -1.94. The average Bonchev–Trinajstić information content (AvgIpc) is 2.49. The Kier molecular flexibility index (Phi) is 3.54. The number of rotatable bonds is 3. The quantitative estimate of drug-likeness (QED) is 0.785. The van der Waals surface area contributed by atoms with Crippen LogP contribution in [0.15, 0.2) is 54.7 Å². The molecule has 0 saturated heterocycles. The van der Waals surface area contributed by atoms with E-state index in [1.165, 1.54) is 0 Å². The number of hydrogen-bond donors (Lipinski definition) is 1. The van der Waals surface area contributed by atoms with E-state index in [-0.39, 0.29) is 6.61 Å². The minimum Gasteiger partial charge on any atom is -0.453 e. The topological polar surface area (TPSA) is 42.4 Å². The van der Waals surface area contributed by atoms with Crippen molar-refractivity contribution >= 4 is 22.5 Å². The summed E-state index contributed by atoms with van der Waals surface area (Å²) in [6.07, 6.45) is 1.72. The van der Waals surface area contributed by atoms with Crippen LogP contribution < -0.4 is 4.74 Å². The summed E-state index contributed by atoms with van der Waals surface area (Å²) in [5, 5.41) is 10.8. The maximum Gasteiger partial charge on any atom is 0.153 e. The number of aromatic nitrogens is 1. The summed E-state index contributed by atoms with van der Waals surface area (Å²) in [4.78, 5) is 4.33. The van der Waals surface area contributed by atoms with Crippen molar-refractivity contribution in [3.8, 4) is 11.5 Å². The van der Waals surface area contributed by atoms with Crippen LogP contribution in [0.4, 0.5) is 0 Å². The second-order valence-corrected chi connectivity index (χ2v) is 4.73. The highest BCUT2D eigenvalue weighted by Gasteiger charge is 2.11. The molecule has 100 valence electrons. The number of aliphatic hydroxyl groups is 1. The van der Waals surface area contributed by atoms with E-state index in [4.69, 9.17) is 16.3 Å².